The van der Waals surface area contributed by atoms with Gasteiger partial charge in [-0.1, -0.05) is 48.2 Å². The van der Waals surface area contributed by atoms with E-state index in [0.29, 0.717) is 26.2 Å². The first-order valence-corrected chi connectivity index (χ1v) is 9.51. The number of thiocarbonyl (C=S) groups is 1. The zero-order valence-corrected chi connectivity index (χ0v) is 16.7. The number of thioether (sulfide) groups is 1. The van der Waals surface area contributed by atoms with Gasteiger partial charge < -0.3 is 19.4 Å². The first kappa shape index (κ1) is 19.9. The Labute approximate surface area is 171 Å². The summed E-state index contributed by atoms with van der Waals surface area (Å²) in [7, 11) is 1.45. The number of carboxylic acid groups (broad SMARTS) is 1. The van der Waals surface area contributed by atoms with Crippen LogP contribution in [0.3, 0.4) is 0 Å². The van der Waals surface area contributed by atoms with Gasteiger partial charge >= 0.3 is 0 Å². The summed E-state index contributed by atoms with van der Waals surface area (Å²) < 4.78 is 11.1. The Morgan fingerprint density at radius 1 is 1.21 bits per heavy atom. The minimum atomic E-state index is -1.32. The molecule has 0 radical (unpaired) electrons. The average molecular weight is 414 g/mol. The van der Waals surface area contributed by atoms with Crippen LogP contribution in [0.5, 0.6) is 11.5 Å². The lowest BCUT2D eigenvalue weighted by molar-refractivity contribution is -0.312. The predicted octanol–water partition coefficient (Wildman–Crippen LogP) is 2.62. The number of hydrogen-bond acceptors (Lipinski definition) is 7. The third-order valence-corrected chi connectivity index (χ3v) is 5.23. The van der Waals surface area contributed by atoms with Gasteiger partial charge in [0.2, 0.25) is 0 Å². The number of benzene rings is 2. The SMILES string of the molecule is COc1cc(/C=C2/SC(=S)N(c3ccccc3)C2=O)ccc1O[C@H](C)C(=O)[O-]. The molecule has 0 aromatic heterocycles. The molecule has 0 N–H and O–H groups in total. The summed E-state index contributed by atoms with van der Waals surface area (Å²) in [5.41, 5.74) is 1.41. The monoisotopic (exact) mass is 414 g/mol. The molecular formula is C20H16NO5S2-. The fourth-order valence-electron chi connectivity index (χ4n) is 2.53. The summed E-state index contributed by atoms with van der Waals surface area (Å²) in [4.78, 5) is 25.6. The smallest absolute Gasteiger partial charge is 0.270 e. The summed E-state index contributed by atoms with van der Waals surface area (Å²) in [6.07, 6.45) is 0.582. The van der Waals surface area contributed by atoms with E-state index < -0.39 is 12.1 Å². The van der Waals surface area contributed by atoms with Crippen molar-refractivity contribution in [3.63, 3.8) is 0 Å². The lowest BCUT2D eigenvalue weighted by Gasteiger charge is -2.17. The molecule has 1 saturated heterocycles. The number of anilines is 1. The van der Waals surface area contributed by atoms with E-state index in [0.717, 1.165) is 0 Å². The maximum absolute atomic E-state index is 12.8. The Kier molecular flexibility index (Phi) is 6.01. The molecule has 144 valence electrons. The summed E-state index contributed by atoms with van der Waals surface area (Å²) in [5.74, 6) is -0.907. The topological polar surface area (TPSA) is 78.9 Å². The second-order valence-electron chi connectivity index (χ2n) is 5.84. The van der Waals surface area contributed by atoms with Gasteiger partial charge in [-0.25, -0.2) is 0 Å². The number of methoxy groups -OCH3 is 1. The Hall–Kier alpha value is -2.84. The predicted molar refractivity (Wildman–Crippen MR) is 110 cm³/mol. The molecule has 0 spiro atoms. The number of carbonyl (C=O) groups is 2. The Bertz CT molecular complexity index is 958. The largest absolute Gasteiger partial charge is 0.546 e. The van der Waals surface area contributed by atoms with Gasteiger partial charge in [0.15, 0.2) is 15.8 Å². The van der Waals surface area contributed by atoms with Gasteiger partial charge in [0.25, 0.3) is 5.91 Å². The molecule has 1 atom stereocenters. The lowest BCUT2D eigenvalue weighted by atomic mass is 10.1. The number of para-hydroxylation sites is 1. The van der Waals surface area contributed by atoms with Crippen molar-refractivity contribution in [3.8, 4) is 11.5 Å². The number of amides is 1. The van der Waals surface area contributed by atoms with Gasteiger partial charge in [0, 0.05) is 0 Å². The summed E-state index contributed by atoms with van der Waals surface area (Å²) in [5, 5.41) is 10.9. The molecule has 1 aliphatic heterocycles. The van der Waals surface area contributed by atoms with Crippen LogP contribution in [0, 0.1) is 0 Å². The quantitative estimate of drug-likeness (QED) is 0.531. The minimum absolute atomic E-state index is 0.203. The standard InChI is InChI=1S/C20H17NO5S2/c1-12(19(23)24)26-15-9-8-13(10-16(15)25-2)11-17-18(22)21(20(27)28-17)14-6-4-3-5-7-14/h3-12H,1-2H3,(H,23,24)/p-1/b17-11+/t12-/m1/s1. The van der Waals surface area contributed by atoms with E-state index in [1.165, 1.54) is 30.7 Å². The van der Waals surface area contributed by atoms with Crippen molar-refractivity contribution >= 4 is 51.9 Å². The fourth-order valence-corrected chi connectivity index (χ4v) is 3.83. The molecule has 1 fully saturated rings. The highest BCUT2D eigenvalue weighted by atomic mass is 32.2. The highest BCUT2D eigenvalue weighted by molar-refractivity contribution is 8.27. The molecular weight excluding hydrogens is 398 g/mol. The number of carboxylic acids is 1. The molecule has 0 saturated carbocycles. The lowest BCUT2D eigenvalue weighted by Crippen LogP contribution is -2.37. The van der Waals surface area contributed by atoms with Gasteiger partial charge in [-0.15, -0.1) is 0 Å². The van der Waals surface area contributed by atoms with Crippen LogP contribution in [-0.2, 0) is 9.59 Å². The number of nitrogens with zero attached hydrogens (tertiary/aromatic N) is 1. The zero-order valence-electron chi connectivity index (χ0n) is 15.1. The van der Waals surface area contributed by atoms with E-state index in [1.54, 1.807) is 24.3 Å². The van der Waals surface area contributed by atoms with Crippen molar-refractivity contribution in [1.29, 1.82) is 0 Å². The van der Waals surface area contributed by atoms with E-state index in [1.807, 2.05) is 30.3 Å². The van der Waals surface area contributed by atoms with Crippen LogP contribution in [0.1, 0.15) is 12.5 Å². The van der Waals surface area contributed by atoms with Crippen LogP contribution < -0.4 is 19.5 Å². The molecule has 1 aliphatic rings. The van der Waals surface area contributed by atoms with Crippen molar-refractivity contribution < 1.29 is 24.2 Å². The Morgan fingerprint density at radius 2 is 1.93 bits per heavy atom. The summed E-state index contributed by atoms with van der Waals surface area (Å²) in [6, 6.07) is 14.1. The van der Waals surface area contributed by atoms with E-state index in [9.17, 15) is 14.7 Å². The maximum Gasteiger partial charge on any atom is 0.270 e. The molecule has 8 heteroatoms. The van der Waals surface area contributed by atoms with Crippen LogP contribution in [0.4, 0.5) is 5.69 Å². The number of rotatable bonds is 6. The highest BCUT2D eigenvalue weighted by Crippen LogP contribution is 2.37. The molecule has 0 unspecified atom stereocenters. The fraction of sp³-hybridized carbons (Fsp3) is 0.150. The van der Waals surface area contributed by atoms with E-state index in [2.05, 4.69) is 0 Å². The van der Waals surface area contributed by atoms with Crippen LogP contribution >= 0.6 is 24.0 Å². The normalized spacial score (nSPS) is 16.4. The van der Waals surface area contributed by atoms with E-state index in [4.69, 9.17) is 21.7 Å². The number of hydrogen-bond donors (Lipinski definition) is 0. The first-order valence-electron chi connectivity index (χ1n) is 8.29. The summed E-state index contributed by atoms with van der Waals surface area (Å²) in [6.45, 7) is 1.37. The van der Waals surface area contributed by atoms with E-state index in [-0.39, 0.29) is 11.7 Å². The number of carbonyl (C=O) groups excluding carboxylic acids is 2. The van der Waals surface area contributed by atoms with E-state index >= 15 is 0 Å². The Balaban J connectivity index is 1.86. The molecule has 1 heterocycles. The average Bonchev–Trinajstić information content (AvgIpc) is 2.96. The molecule has 0 aliphatic carbocycles. The molecule has 3 rings (SSSR count). The van der Waals surface area contributed by atoms with Crippen molar-refractivity contribution in [2.45, 2.75) is 13.0 Å². The molecule has 0 bridgehead atoms. The van der Waals surface area contributed by atoms with Crippen molar-refractivity contribution in [3.05, 3.63) is 59.0 Å². The first-order chi connectivity index (χ1) is 13.4. The minimum Gasteiger partial charge on any atom is -0.546 e. The molecule has 28 heavy (non-hydrogen) atoms. The second kappa shape index (κ2) is 8.45. The van der Waals surface area contributed by atoms with Gasteiger partial charge in [0.1, 0.15) is 6.10 Å². The Morgan fingerprint density at radius 3 is 2.57 bits per heavy atom. The second-order valence-corrected chi connectivity index (χ2v) is 7.52. The number of aliphatic carboxylic acids is 1. The van der Waals surface area contributed by atoms with Crippen LogP contribution in [0.2, 0.25) is 0 Å². The number of ether oxygens (including phenoxy) is 2. The van der Waals surface area contributed by atoms with Crippen molar-refractivity contribution in [2.24, 2.45) is 0 Å². The third-order valence-electron chi connectivity index (χ3n) is 3.93. The third kappa shape index (κ3) is 4.18. The molecule has 2 aromatic rings. The maximum atomic E-state index is 12.8. The zero-order chi connectivity index (χ0) is 20.3. The van der Waals surface area contributed by atoms with Gasteiger partial charge in [0.05, 0.1) is 23.7 Å². The van der Waals surface area contributed by atoms with Crippen LogP contribution in [-0.4, -0.2) is 29.4 Å². The van der Waals surface area contributed by atoms with Crippen LogP contribution in [0.15, 0.2) is 53.4 Å². The van der Waals surface area contributed by atoms with Gasteiger partial charge in [-0.3, -0.25) is 9.69 Å². The molecule has 1 amide bonds. The van der Waals surface area contributed by atoms with Gasteiger partial charge in [-0.05, 0) is 42.8 Å². The van der Waals surface area contributed by atoms with Gasteiger partial charge in [-0.2, -0.15) is 0 Å². The molecule has 6 nitrogen and oxygen atoms in total. The van der Waals surface area contributed by atoms with Crippen molar-refractivity contribution in [2.75, 3.05) is 12.0 Å². The highest BCUT2D eigenvalue weighted by Gasteiger charge is 2.33. The summed E-state index contributed by atoms with van der Waals surface area (Å²) >= 11 is 6.57. The van der Waals surface area contributed by atoms with Crippen LogP contribution in [0.25, 0.3) is 6.08 Å². The van der Waals surface area contributed by atoms with Crippen molar-refractivity contribution in [1.82, 2.24) is 0 Å². The molecule has 2 aromatic carbocycles.